The number of carbonyl (C=O) groups excluding carboxylic acids is 2. The van der Waals surface area contributed by atoms with Gasteiger partial charge in [-0.05, 0) is 25.0 Å². The van der Waals surface area contributed by atoms with Crippen molar-refractivity contribution in [2.45, 2.75) is 18.9 Å². The average Bonchev–Trinajstić information content (AvgIpc) is 2.48. The summed E-state index contributed by atoms with van der Waals surface area (Å²) in [4.78, 5) is 33.7. The van der Waals surface area contributed by atoms with Crippen LogP contribution in [-0.4, -0.2) is 36.5 Å². The van der Waals surface area contributed by atoms with Crippen molar-refractivity contribution in [2.24, 2.45) is 0 Å². The number of piperidine rings is 1. The highest BCUT2D eigenvalue weighted by atomic mass is 16.6. The zero-order chi connectivity index (χ0) is 15.4. The SMILES string of the molecule is COC(=O)c1ccc([N+](=O)[O-])c(NC2CCCNC2=O)c1. The molecule has 1 aliphatic heterocycles. The molecular formula is C13H15N3O5. The molecule has 112 valence electrons. The van der Waals surface area contributed by atoms with E-state index in [2.05, 4.69) is 15.4 Å². The summed E-state index contributed by atoms with van der Waals surface area (Å²) >= 11 is 0. The maximum atomic E-state index is 11.7. The van der Waals surface area contributed by atoms with E-state index in [0.717, 1.165) is 6.42 Å². The highest BCUT2D eigenvalue weighted by molar-refractivity contribution is 5.92. The first kappa shape index (κ1) is 14.8. The molecule has 1 heterocycles. The van der Waals surface area contributed by atoms with Crippen LogP contribution in [0.1, 0.15) is 23.2 Å². The van der Waals surface area contributed by atoms with Crippen molar-refractivity contribution < 1.29 is 19.2 Å². The van der Waals surface area contributed by atoms with Crippen molar-refractivity contribution in [3.63, 3.8) is 0 Å². The average molecular weight is 293 g/mol. The van der Waals surface area contributed by atoms with Gasteiger partial charge in [0.05, 0.1) is 17.6 Å². The van der Waals surface area contributed by atoms with Gasteiger partial charge in [0.25, 0.3) is 5.69 Å². The number of nitro groups is 1. The van der Waals surface area contributed by atoms with Gasteiger partial charge in [-0.3, -0.25) is 14.9 Å². The standard InChI is InChI=1S/C13H15N3O5/c1-21-13(18)8-4-5-11(16(19)20)10(7-8)15-9-3-2-6-14-12(9)17/h4-5,7,9,15H,2-3,6H2,1H3,(H,14,17). The minimum absolute atomic E-state index is 0.130. The Morgan fingerprint density at radius 2 is 2.29 bits per heavy atom. The minimum atomic E-state index is -0.596. The Kier molecular flexibility index (Phi) is 4.36. The van der Waals surface area contributed by atoms with Crippen molar-refractivity contribution in [1.29, 1.82) is 0 Å². The molecule has 8 heteroatoms. The van der Waals surface area contributed by atoms with Gasteiger partial charge < -0.3 is 15.4 Å². The molecule has 1 aliphatic rings. The van der Waals surface area contributed by atoms with Gasteiger partial charge in [-0.25, -0.2) is 4.79 Å². The summed E-state index contributed by atoms with van der Waals surface area (Å²) in [5, 5.41) is 16.6. The van der Waals surface area contributed by atoms with E-state index >= 15 is 0 Å². The molecule has 8 nitrogen and oxygen atoms in total. The van der Waals surface area contributed by atoms with Crippen molar-refractivity contribution in [2.75, 3.05) is 19.0 Å². The van der Waals surface area contributed by atoms with Crippen LogP contribution in [-0.2, 0) is 9.53 Å². The second kappa shape index (κ2) is 6.21. The van der Waals surface area contributed by atoms with E-state index in [4.69, 9.17) is 0 Å². The van der Waals surface area contributed by atoms with E-state index in [1.807, 2.05) is 0 Å². The smallest absolute Gasteiger partial charge is 0.337 e. The third kappa shape index (κ3) is 3.28. The van der Waals surface area contributed by atoms with Crippen molar-refractivity contribution in [3.8, 4) is 0 Å². The predicted octanol–water partition coefficient (Wildman–Crippen LogP) is 1.07. The number of ether oxygens (including phenoxy) is 1. The van der Waals surface area contributed by atoms with E-state index in [9.17, 15) is 19.7 Å². The number of esters is 1. The largest absolute Gasteiger partial charge is 0.465 e. The van der Waals surface area contributed by atoms with Gasteiger partial charge in [0.2, 0.25) is 5.91 Å². The Labute approximate surface area is 120 Å². The predicted molar refractivity (Wildman–Crippen MR) is 74.1 cm³/mol. The second-order valence-electron chi connectivity index (χ2n) is 4.61. The molecular weight excluding hydrogens is 278 g/mol. The van der Waals surface area contributed by atoms with Crippen LogP contribution >= 0.6 is 0 Å². The molecule has 0 bridgehead atoms. The van der Waals surface area contributed by atoms with Crippen LogP contribution in [0.3, 0.4) is 0 Å². The normalized spacial score (nSPS) is 17.8. The lowest BCUT2D eigenvalue weighted by Gasteiger charge is -2.23. The van der Waals surface area contributed by atoms with E-state index < -0.39 is 16.9 Å². The summed E-state index contributed by atoms with van der Waals surface area (Å²) in [6.07, 6.45) is 1.36. The summed E-state index contributed by atoms with van der Waals surface area (Å²) in [5.74, 6) is -0.805. The van der Waals surface area contributed by atoms with Crippen molar-refractivity contribution >= 4 is 23.3 Å². The summed E-state index contributed by atoms with van der Waals surface area (Å²) in [6.45, 7) is 0.599. The summed E-state index contributed by atoms with van der Waals surface area (Å²) in [6, 6.07) is 3.31. The van der Waals surface area contributed by atoms with E-state index in [1.165, 1.54) is 25.3 Å². The Morgan fingerprint density at radius 3 is 2.90 bits per heavy atom. The van der Waals surface area contributed by atoms with Gasteiger partial charge in [-0.2, -0.15) is 0 Å². The number of hydrogen-bond acceptors (Lipinski definition) is 6. The van der Waals surface area contributed by atoms with Crippen LogP contribution in [0.2, 0.25) is 0 Å². The molecule has 0 spiro atoms. The molecule has 1 aromatic rings. The molecule has 0 radical (unpaired) electrons. The third-order valence-electron chi connectivity index (χ3n) is 3.23. The summed E-state index contributed by atoms with van der Waals surface area (Å²) in [7, 11) is 1.23. The molecule has 0 saturated carbocycles. The van der Waals surface area contributed by atoms with Gasteiger partial charge in [-0.15, -0.1) is 0 Å². The van der Waals surface area contributed by atoms with Crippen molar-refractivity contribution in [3.05, 3.63) is 33.9 Å². The lowest BCUT2D eigenvalue weighted by molar-refractivity contribution is -0.384. The first-order chi connectivity index (χ1) is 10.0. The number of benzene rings is 1. The van der Waals surface area contributed by atoms with Crippen LogP contribution < -0.4 is 10.6 Å². The molecule has 1 fully saturated rings. The van der Waals surface area contributed by atoms with Gasteiger partial charge in [0.15, 0.2) is 0 Å². The quantitative estimate of drug-likeness (QED) is 0.488. The minimum Gasteiger partial charge on any atom is -0.465 e. The number of carbonyl (C=O) groups is 2. The number of rotatable bonds is 4. The molecule has 2 N–H and O–H groups in total. The van der Waals surface area contributed by atoms with Gasteiger partial charge in [-0.1, -0.05) is 0 Å². The molecule has 1 amide bonds. The number of amides is 1. The first-order valence-electron chi connectivity index (χ1n) is 6.44. The number of nitro benzene ring substituents is 1. The highest BCUT2D eigenvalue weighted by Gasteiger charge is 2.25. The number of nitrogens with zero attached hydrogens (tertiary/aromatic N) is 1. The Balaban J connectivity index is 2.31. The van der Waals surface area contributed by atoms with Crippen LogP contribution in [0.15, 0.2) is 18.2 Å². The maximum absolute atomic E-state index is 11.7. The third-order valence-corrected chi connectivity index (χ3v) is 3.23. The molecule has 2 rings (SSSR count). The molecule has 1 saturated heterocycles. The molecule has 1 aromatic carbocycles. The van der Waals surface area contributed by atoms with Gasteiger partial charge in [0.1, 0.15) is 11.7 Å². The van der Waals surface area contributed by atoms with Crippen LogP contribution in [0.25, 0.3) is 0 Å². The van der Waals surface area contributed by atoms with Gasteiger partial charge >= 0.3 is 5.97 Å². The van der Waals surface area contributed by atoms with E-state index in [1.54, 1.807) is 0 Å². The maximum Gasteiger partial charge on any atom is 0.337 e. The number of hydrogen-bond donors (Lipinski definition) is 2. The fraction of sp³-hybridized carbons (Fsp3) is 0.385. The fourth-order valence-corrected chi connectivity index (χ4v) is 2.15. The fourth-order valence-electron chi connectivity index (χ4n) is 2.15. The summed E-state index contributed by atoms with van der Waals surface area (Å²) < 4.78 is 4.59. The van der Waals surface area contributed by atoms with Crippen LogP contribution in [0, 0.1) is 10.1 Å². The van der Waals surface area contributed by atoms with Crippen molar-refractivity contribution in [1.82, 2.24) is 5.32 Å². The molecule has 0 aliphatic carbocycles. The molecule has 1 atom stereocenters. The Bertz CT molecular complexity index is 587. The van der Waals surface area contributed by atoms with Crippen LogP contribution in [0.5, 0.6) is 0 Å². The highest BCUT2D eigenvalue weighted by Crippen LogP contribution is 2.27. The monoisotopic (exact) mass is 293 g/mol. The number of nitrogens with one attached hydrogen (secondary N) is 2. The van der Waals surface area contributed by atoms with E-state index in [-0.39, 0.29) is 22.8 Å². The van der Waals surface area contributed by atoms with E-state index in [0.29, 0.717) is 13.0 Å². The Hall–Kier alpha value is -2.64. The lowest BCUT2D eigenvalue weighted by Crippen LogP contribution is -2.44. The molecule has 21 heavy (non-hydrogen) atoms. The lowest BCUT2D eigenvalue weighted by atomic mass is 10.1. The summed E-state index contributed by atoms with van der Waals surface area (Å²) in [5.41, 5.74) is 0.118. The van der Waals surface area contributed by atoms with Crippen LogP contribution in [0.4, 0.5) is 11.4 Å². The number of anilines is 1. The zero-order valence-electron chi connectivity index (χ0n) is 11.4. The zero-order valence-corrected chi connectivity index (χ0v) is 11.4. The Morgan fingerprint density at radius 1 is 1.52 bits per heavy atom. The number of methoxy groups -OCH3 is 1. The second-order valence-corrected chi connectivity index (χ2v) is 4.61. The molecule has 1 unspecified atom stereocenters. The van der Waals surface area contributed by atoms with Gasteiger partial charge in [0, 0.05) is 12.6 Å². The first-order valence-corrected chi connectivity index (χ1v) is 6.44. The topological polar surface area (TPSA) is 111 Å². The molecule has 0 aromatic heterocycles.